The lowest BCUT2D eigenvalue weighted by Crippen LogP contribution is -2.10. The zero-order chi connectivity index (χ0) is 18.0. The minimum absolute atomic E-state index is 0.135. The van der Waals surface area contributed by atoms with Gasteiger partial charge in [0.05, 0.1) is 15.4 Å². The van der Waals surface area contributed by atoms with Crippen molar-refractivity contribution >= 4 is 28.9 Å². The molecule has 0 saturated heterocycles. The molecule has 8 nitrogen and oxygen atoms in total. The molecule has 0 unspecified atom stereocenters. The van der Waals surface area contributed by atoms with Crippen molar-refractivity contribution in [3.63, 3.8) is 0 Å². The lowest BCUT2D eigenvalue weighted by molar-refractivity contribution is -0.395. The summed E-state index contributed by atoms with van der Waals surface area (Å²) in [7, 11) is 0. The third-order valence-electron chi connectivity index (χ3n) is 3.32. The van der Waals surface area contributed by atoms with E-state index in [1.807, 2.05) is 0 Å². The van der Waals surface area contributed by atoms with Crippen LogP contribution in [0.2, 0.25) is 5.02 Å². The molecule has 24 heavy (non-hydrogen) atoms. The standard InChI is InChI=1S/C15H11ClN2O6/c1-8-5-11(3-4-12(8)16)24-15(19)10-6-13(17(20)21)9(2)14(7-10)18(22)23/h3-7H,1-2H3. The van der Waals surface area contributed by atoms with Crippen LogP contribution < -0.4 is 4.74 Å². The van der Waals surface area contributed by atoms with Gasteiger partial charge in [-0.15, -0.1) is 0 Å². The van der Waals surface area contributed by atoms with E-state index in [1.165, 1.54) is 25.1 Å². The number of carbonyl (C=O) groups is 1. The Balaban J connectivity index is 2.43. The molecule has 0 aromatic heterocycles. The maximum Gasteiger partial charge on any atom is 0.344 e. The third-order valence-corrected chi connectivity index (χ3v) is 3.75. The van der Waals surface area contributed by atoms with Gasteiger partial charge in [-0.1, -0.05) is 11.6 Å². The molecular weight excluding hydrogens is 340 g/mol. The van der Waals surface area contributed by atoms with Crippen LogP contribution in [0.15, 0.2) is 30.3 Å². The smallest absolute Gasteiger partial charge is 0.344 e. The molecule has 0 fully saturated rings. The molecule has 0 spiro atoms. The fourth-order valence-electron chi connectivity index (χ4n) is 2.03. The van der Waals surface area contributed by atoms with Crippen LogP contribution in [0.5, 0.6) is 5.75 Å². The first-order valence-electron chi connectivity index (χ1n) is 6.62. The van der Waals surface area contributed by atoms with Crippen LogP contribution in [0.25, 0.3) is 0 Å². The van der Waals surface area contributed by atoms with Crippen molar-refractivity contribution < 1.29 is 19.4 Å². The number of nitro benzene ring substituents is 2. The van der Waals surface area contributed by atoms with Crippen molar-refractivity contribution in [2.45, 2.75) is 13.8 Å². The Kier molecular flexibility index (Phi) is 4.79. The molecule has 2 aromatic rings. The lowest BCUT2D eigenvalue weighted by Gasteiger charge is -2.07. The summed E-state index contributed by atoms with van der Waals surface area (Å²) in [6.07, 6.45) is 0. The van der Waals surface area contributed by atoms with Crippen LogP contribution in [-0.2, 0) is 0 Å². The first-order chi connectivity index (χ1) is 11.2. The predicted molar refractivity (Wildman–Crippen MR) is 85.6 cm³/mol. The lowest BCUT2D eigenvalue weighted by atomic mass is 10.1. The molecule has 0 aliphatic carbocycles. The highest BCUT2D eigenvalue weighted by molar-refractivity contribution is 6.31. The van der Waals surface area contributed by atoms with Crippen LogP contribution in [0.4, 0.5) is 11.4 Å². The first-order valence-corrected chi connectivity index (χ1v) is 7.00. The van der Waals surface area contributed by atoms with E-state index in [2.05, 4.69) is 0 Å². The zero-order valence-electron chi connectivity index (χ0n) is 12.6. The van der Waals surface area contributed by atoms with Crippen LogP contribution in [0.3, 0.4) is 0 Å². The zero-order valence-corrected chi connectivity index (χ0v) is 13.4. The Hall–Kier alpha value is -3.00. The Morgan fingerprint density at radius 2 is 1.58 bits per heavy atom. The molecule has 0 saturated carbocycles. The Bertz CT molecular complexity index is 830. The van der Waals surface area contributed by atoms with Crippen LogP contribution in [0, 0.1) is 34.1 Å². The summed E-state index contributed by atoms with van der Waals surface area (Å²) in [6, 6.07) is 6.39. The number of benzene rings is 2. The van der Waals surface area contributed by atoms with Gasteiger partial charge in [-0.05, 0) is 37.6 Å². The van der Waals surface area contributed by atoms with E-state index in [4.69, 9.17) is 16.3 Å². The van der Waals surface area contributed by atoms with Gasteiger partial charge >= 0.3 is 5.97 Å². The second-order valence-electron chi connectivity index (χ2n) is 4.95. The van der Waals surface area contributed by atoms with E-state index >= 15 is 0 Å². The fourth-order valence-corrected chi connectivity index (χ4v) is 2.15. The largest absolute Gasteiger partial charge is 0.423 e. The molecule has 2 rings (SSSR count). The summed E-state index contributed by atoms with van der Waals surface area (Å²) in [4.78, 5) is 32.7. The van der Waals surface area contributed by atoms with Crippen molar-refractivity contribution in [2.75, 3.05) is 0 Å². The summed E-state index contributed by atoms with van der Waals surface area (Å²) in [5, 5.41) is 22.5. The summed E-state index contributed by atoms with van der Waals surface area (Å²) in [5.74, 6) is -0.768. The van der Waals surface area contributed by atoms with Crippen molar-refractivity contribution in [3.05, 3.63) is 72.3 Å². The third kappa shape index (κ3) is 3.49. The number of esters is 1. The molecule has 0 aliphatic heterocycles. The molecule has 0 bridgehead atoms. The number of ether oxygens (including phenoxy) is 1. The SMILES string of the molecule is Cc1cc(OC(=O)c2cc([N+](=O)[O-])c(C)c([N+](=O)[O-])c2)ccc1Cl. The van der Waals surface area contributed by atoms with E-state index < -0.39 is 27.2 Å². The molecule has 0 amide bonds. The van der Waals surface area contributed by atoms with E-state index in [-0.39, 0.29) is 16.9 Å². The fraction of sp³-hybridized carbons (Fsp3) is 0.133. The molecule has 0 heterocycles. The average Bonchev–Trinajstić information content (AvgIpc) is 2.50. The Morgan fingerprint density at radius 3 is 2.04 bits per heavy atom. The Morgan fingerprint density at radius 1 is 1.04 bits per heavy atom. The van der Waals surface area contributed by atoms with Gasteiger partial charge in [-0.25, -0.2) is 4.79 Å². The van der Waals surface area contributed by atoms with Gasteiger partial charge in [0.15, 0.2) is 0 Å². The van der Waals surface area contributed by atoms with Gasteiger partial charge in [-0.2, -0.15) is 0 Å². The molecule has 0 aliphatic rings. The average molecular weight is 351 g/mol. The van der Waals surface area contributed by atoms with E-state index in [0.29, 0.717) is 10.6 Å². The highest BCUT2D eigenvalue weighted by Crippen LogP contribution is 2.30. The molecule has 0 atom stereocenters. The van der Waals surface area contributed by atoms with Gasteiger partial charge in [-0.3, -0.25) is 20.2 Å². The van der Waals surface area contributed by atoms with Crippen molar-refractivity contribution in [1.29, 1.82) is 0 Å². The second kappa shape index (κ2) is 6.63. The highest BCUT2D eigenvalue weighted by Gasteiger charge is 2.26. The quantitative estimate of drug-likeness (QED) is 0.356. The van der Waals surface area contributed by atoms with Crippen molar-refractivity contribution in [2.24, 2.45) is 0 Å². The van der Waals surface area contributed by atoms with E-state index in [9.17, 15) is 25.0 Å². The van der Waals surface area contributed by atoms with Gasteiger partial charge in [0.1, 0.15) is 11.3 Å². The number of aryl methyl sites for hydroxylation is 1. The molecular formula is C15H11ClN2O6. The highest BCUT2D eigenvalue weighted by atomic mass is 35.5. The normalized spacial score (nSPS) is 10.3. The second-order valence-corrected chi connectivity index (χ2v) is 5.36. The van der Waals surface area contributed by atoms with Crippen molar-refractivity contribution in [3.8, 4) is 5.75 Å². The molecule has 0 radical (unpaired) electrons. The Labute approximate surface area is 140 Å². The number of halogens is 1. The summed E-state index contributed by atoms with van der Waals surface area (Å²) < 4.78 is 5.10. The van der Waals surface area contributed by atoms with Gasteiger partial charge in [0, 0.05) is 17.2 Å². The van der Waals surface area contributed by atoms with Gasteiger partial charge in [0.2, 0.25) is 0 Å². The first kappa shape index (κ1) is 17.4. The monoisotopic (exact) mass is 350 g/mol. The minimum atomic E-state index is -0.942. The maximum atomic E-state index is 12.2. The number of nitrogens with zero attached hydrogens (tertiary/aromatic N) is 2. The molecule has 9 heteroatoms. The number of nitro groups is 2. The van der Waals surface area contributed by atoms with Crippen molar-refractivity contribution in [1.82, 2.24) is 0 Å². The number of rotatable bonds is 4. The number of carbonyl (C=O) groups excluding carboxylic acids is 1. The predicted octanol–water partition coefficient (Wildman–Crippen LogP) is 3.99. The maximum absolute atomic E-state index is 12.2. The van der Waals surface area contributed by atoms with Crippen LogP contribution in [-0.4, -0.2) is 15.8 Å². The summed E-state index contributed by atoms with van der Waals surface area (Å²) in [6.45, 7) is 2.95. The van der Waals surface area contributed by atoms with Gasteiger partial charge in [0.25, 0.3) is 11.4 Å². The van der Waals surface area contributed by atoms with E-state index in [0.717, 1.165) is 12.1 Å². The summed E-state index contributed by atoms with van der Waals surface area (Å²) in [5.41, 5.74) is -0.801. The number of hydrogen-bond acceptors (Lipinski definition) is 6. The minimum Gasteiger partial charge on any atom is -0.423 e. The topological polar surface area (TPSA) is 113 Å². The van der Waals surface area contributed by atoms with Crippen LogP contribution in [0.1, 0.15) is 21.5 Å². The molecule has 124 valence electrons. The molecule has 0 N–H and O–H groups in total. The molecule has 2 aromatic carbocycles. The number of hydrogen-bond donors (Lipinski definition) is 0. The summed E-state index contributed by atoms with van der Waals surface area (Å²) >= 11 is 5.87. The van der Waals surface area contributed by atoms with Crippen LogP contribution >= 0.6 is 11.6 Å². The van der Waals surface area contributed by atoms with Gasteiger partial charge < -0.3 is 4.74 Å². The van der Waals surface area contributed by atoms with E-state index in [1.54, 1.807) is 6.92 Å².